The number of fused-ring (bicyclic) bond motifs is 2. The first-order valence-electron chi connectivity index (χ1n) is 9.18. The number of nitrogens with zero attached hydrogens (tertiary/aromatic N) is 4. The Kier molecular flexibility index (Phi) is 4.09. The van der Waals surface area contributed by atoms with Crippen LogP contribution in [-0.2, 0) is 4.79 Å². The SMILES string of the molecule is CC1Oc2ccccc2OC1C(=O)Nc1cccc(-c2ccc3nncn3n2)c1. The van der Waals surface area contributed by atoms with Crippen molar-refractivity contribution >= 4 is 17.2 Å². The minimum Gasteiger partial charge on any atom is -0.482 e. The van der Waals surface area contributed by atoms with Gasteiger partial charge in [0.2, 0.25) is 6.10 Å². The van der Waals surface area contributed by atoms with E-state index in [1.54, 1.807) is 16.9 Å². The van der Waals surface area contributed by atoms with Crippen molar-refractivity contribution < 1.29 is 14.3 Å². The van der Waals surface area contributed by atoms with Crippen LogP contribution in [0.1, 0.15) is 6.92 Å². The van der Waals surface area contributed by atoms with Crippen LogP contribution in [0.5, 0.6) is 11.5 Å². The number of aromatic nitrogens is 4. The zero-order chi connectivity index (χ0) is 19.8. The summed E-state index contributed by atoms with van der Waals surface area (Å²) >= 11 is 0. The minimum atomic E-state index is -0.750. The predicted molar refractivity (Wildman–Crippen MR) is 106 cm³/mol. The zero-order valence-electron chi connectivity index (χ0n) is 15.5. The summed E-state index contributed by atoms with van der Waals surface area (Å²) < 4.78 is 13.3. The van der Waals surface area contributed by atoms with Gasteiger partial charge < -0.3 is 14.8 Å². The lowest BCUT2D eigenvalue weighted by Crippen LogP contribution is -2.46. The van der Waals surface area contributed by atoms with Crippen molar-refractivity contribution in [1.29, 1.82) is 0 Å². The number of ether oxygens (including phenoxy) is 2. The van der Waals surface area contributed by atoms with Crippen molar-refractivity contribution in [2.75, 3.05) is 5.32 Å². The van der Waals surface area contributed by atoms with E-state index >= 15 is 0 Å². The Balaban J connectivity index is 1.37. The van der Waals surface area contributed by atoms with Crippen LogP contribution in [0.15, 0.2) is 67.0 Å². The number of hydrogen-bond donors (Lipinski definition) is 1. The summed E-state index contributed by atoms with van der Waals surface area (Å²) in [4.78, 5) is 12.8. The third-order valence-electron chi connectivity index (χ3n) is 4.69. The Bertz CT molecular complexity index is 1210. The average molecular weight is 387 g/mol. The molecule has 0 aliphatic carbocycles. The van der Waals surface area contributed by atoms with E-state index in [0.29, 0.717) is 22.8 Å². The molecule has 1 aliphatic heterocycles. The highest BCUT2D eigenvalue weighted by atomic mass is 16.6. The summed E-state index contributed by atoms with van der Waals surface area (Å²) in [5.74, 6) is 0.929. The largest absolute Gasteiger partial charge is 0.482 e. The molecule has 1 amide bonds. The molecule has 0 spiro atoms. The molecule has 0 fully saturated rings. The van der Waals surface area contributed by atoms with Crippen LogP contribution in [0, 0.1) is 0 Å². The normalized spacial score (nSPS) is 17.8. The van der Waals surface area contributed by atoms with Gasteiger partial charge in [0, 0.05) is 11.3 Å². The molecular formula is C21H17N5O3. The number of carbonyl (C=O) groups excluding carboxylic acids is 1. The molecular weight excluding hydrogens is 370 g/mol. The fraction of sp³-hybridized carbons (Fsp3) is 0.143. The highest BCUT2D eigenvalue weighted by Gasteiger charge is 2.34. The van der Waals surface area contributed by atoms with Gasteiger partial charge in [0.15, 0.2) is 17.1 Å². The quantitative estimate of drug-likeness (QED) is 0.581. The van der Waals surface area contributed by atoms with Gasteiger partial charge in [0.05, 0.1) is 5.69 Å². The molecule has 2 atom stereocenters. The molecule has 0 radical (unpaired) electrons. The van der Waals surface area contributed by atoms with Gasteiger partial charge in [-0.05, 0) is 43.3 Å². The van der Waals surface area contributed by atoms with Crippen molar-refractivity contribution in [2.45, 2.75) is 19.1 Å². The molecule has 2 unspecified atom stereocenters. The molecule has 2 aromatic heterocycles. The molecule has 144 valence electrons. The maximum absolute atomic E-state index is 12.8. The lowest BCUT2D eigenvalue weighted by molar-refractivity contribution is -0.128. The molecule has 3 heterocycles. The third-order valence-corrected chi connectivity index (χ3v) is 4.69. The zero-order valence-corrected chi connectivity index (χ0v) is 15.5. The lowest BCUT2D eigenvalue weighted by Gasteiger charge is -2.31. The third kappa shape index (κ3) is 3.25. The van der Waals surface area contributed by atoms with Crippen LogP contribution in [-0.4, -0.2) is 37.9 Å². The monoisotopic (exact) mass is 387 g/mol. The summed E-state index contributed by atoms with van der Waals surface area (Å²) in [6.07, 6.45) is 0.385. The van der Waals surface area contributed by atoms with Gasteiger partial charge in [-0.25, -0.2) is 0 Å². The van der Waals surface area contributed by atoms with E-state index in [9.17, 15) is 4.79 Å². The second-order valence-electron chi connectivity index (χ2n) is 6.73. The molecule has 4 aromatic rings. The number of anilines is 1. The summed E-state index contributed by atoms with van der Waals surface area (Å²) in [7, 11) is 0. The number of amides is 1. The van der Waals surface area contributed by atoms with Crippen LogP contribution in [0.2, 0.25) is 0 Å². The first kappa shape index (κ1) is 17.2. The van der Waals surface area contributed by atoms with Crippen molar-refractivity contribution in [3.05, 3.63) is 67.0 Å². The molecule has 1 N–H and O–H groups in total. The van der Waals surface area contributed by atoms with Gasteiger partial charge in [-0.3, -0.25) is 4.79 Å². The second kappa shape index (κ2) is 6.90. The number of hydrogen-bond acceptors (Lipinski definition) is 6. The molecule has 0 saturated carbocycles. The molecule has 5 rings (SSSR count). The standard InChI is InChI=1S/C21H17N5O3/c1-13-20(29-18-8-3-2-7-17(18)28-13)21(27)23-15-6-4-5-14(11-15)16-9-10-19-24-22-12-26(19)25-16/h2-13,20H,1H3,(H,23,27). The van der Waals surface area contributed by atoms with Gasteiger partial charge in [0.25, 0.3) is 5.91 Å². The first-order valence-corrected chi connectivity index (χ1v) is 9.18. The van der Waals surface area contributed by atoms with Gasteiger partial charge in [-0.15, -0.1) is 10.2 Å². The van der Waals surface area contributed by atoms with E-state index in [-0.39, 0.29) is 5.91 Å². The Labute approximate surface area is 166 Å². The van der Waals surface area contributed by atoms with Crippen molar-refractivity contribution in [2.24, 2.45) is 0 Å². The predicted octanol–water partition coefficient (Wildman–Crippen LogP) is 2.96. The summed E-state index contributed by atoms with van der Waals surface area (Å²) in [6.45, 7) is 1.81. The van der Waals surface area contributed by atoms with E-state index in [1.165, 1.54) is 0 Å². The second-order valence-corrected chi connectivity index (χ2v) is 6.73. The maximum Gasteiger partial charge on any atom is 0.269 e. The Morgan fingerprint density at radius 2 is 1.86 bits per heavy atom. The number of para-hydroxylation sites is 2. The molecule has 8 nitrogen and oxygen atoms in total. The fourth-order valence-electron chi connectivity index (χ4n) is 3.26. The number of benzene rings is 2. The first-order chi connectivity index (χ1) is 14.2. The molecule has 1 aliphatic rings. The topological polar surface area (TPSA) is 90.6 Å². The Morgan fingerprint density at radius 1 is 1.03 bits per heavy atom. The smallest absolute Gasteiger partial charge is 0.269 e. The lowest BCUT2D eigenvalue weighted by atomic mass is 10.1. The average Bonchev–Trinajstić information content (AvgIpc) is 3.21. The number of nitrogens with one attached hydrogen (secondary N) is 1. The molecule has 2 aromatic carbocycles. The summed E-state index contributed by atoms with van der Waals surface area (Å²) in [5, 5.41) is 15.2. The van der Waals surface area contributed by atoms with Gasteiger partial charge >= 0.3 is 0 Å². The van der Waals surface area contributed by atoms with Crippen LogP contribution >= 0.6 is 0 Å². The van der Waals surface area contributed by atoms with Crippen LogP contribution in [0.25, 0.3) is 16.9 Å². The highest BCUT2D eigenvalue weighted by molar-refractivity contribution is 5.95. The van der Waals surface area contributed by atoms with Crippen LogP contribution in [0.4, 0.5) is 5.69 Å². The molecule has 0 bridgehead atoms. The summed E-state index contributed by atoms with van der Waals surface area (Å²) in [6, 6.07) is 18.5. The van der Waals surface area contributed by atoms with E-state index in [4.69, 9.17) is 9.47 Å². The van der Waals surface area contributed by atoms with Gasteiger partial charge in [0.1, 0.15) is 12.4 Å². The fourth-order valence-corrected chi connectivity index (χ4v) is 3.26. The Morgan fingerprint density at radius 3 is 2.72 bits per heavy atom. The van der Waals surface area contributed by atoms with Crippen LogP contribution < -0.4 is 14.8 Å². The molecule has 0 saturated heterocycles. The highest BCUT2D eigenvalue weighted by Crippen LogP contribution is 2.33. The van der Waals surface area contributed by atoms with E-state index in [0.717, 1.165) is 11.3 Å². The van der Waals surface area contributed by atoms with Crippen molar-refractivity contribution in [3.63, 3.8) is 0 Å². The van der Waals surface area contributed by atoms with Crippen molar-refractivity contribution in [3.8, 4) is 22.8 Å². The molecule has 8 heteroatoms. The van der Waals surface area contributed by atoms with E-state index in [2.05, 4.69) is 20.6 Å². The Hall–Kier alpha value is -3.94. The van der Waals surface area contributed by atoms with Crippen LogP contribution in [0.3, 0.4) is 0 Å². The summed E-state index contributed by atoms with van der Waals surface area (Å²) in [5.41, 5.74) is 2.92. The van der Waals surface area contributed by atoms with Gasteiger partial charge in [-0.2, -0.15) is 9.61 Å². The van der Waals surface area contributed by atoms with E-state index in [1.807, 2.05) is 61.5 Å². The number of carbonyl (C=O) groups is 1. The van der Waals surface area contributed by atoms with E-state index < -0.39 is 12.2 Å². The maximum atomic E-state index is 12.8. The molecule has 29 heavy (non-hydrogen) atoms. The van der Waals surface area contributed by atoms with Crippen molar-refractivity contribution in [1.82, 2.24) is 19.8 Å². The van der Waals surface area contributed by atoms with Gasteiger partial charge in [-0.1, -0.05) is 24.3 Å². The number of rotatable bonds is 3. The minimum absolute atomic E-state index is 0.272.